The molecule has 1 heterocycles. The van der Waals surface area contributed by atoms with Crippen LogP contribution < -0.4 is 0 Å². The number of furan rings is 1. The van der Waals surface area contributed by atoms with Crippen LogP contribution in [0.3, 0.4) is 0 Å². The number of halogens is 1. The number of carboxylic acid groups (broad SMARTS) is 1. The summed E-state index contributed by atoms with van der Waals surface area (Å²) in [6.45, 7) is 1.99. The van der Waals surface area contributed by atoms with Gasteiger partial charge in [0.05, 0.1) is 0 Å². The van der Waals surface area contributed by atoms with Crippen LogP contribution in [-0.4, -0.2) is 11.1 Å². The van der Waals surface area contributed by atoms with Crippen LogP contribution in [0.15, 0.2) is 39.2 Å². The van der Waals surface area contributed by atoms with Gasteiger partial charge in [0.25, 0.3) is 0 Å². The predicted molar refractivity (Wildman–Crippen MR) is 67.9 cm³/mol. The number of benzene rings is 1. The molecule has 0 spiro atoms. The van der Waals surface area contributed by atoms with Gasteiger partial charge in [-0.25, -0.2) is 0 Å². The highest BCUT2D eigenvalue weighted by Crippen LogP contribution is 2.26. The van der Waals surface area contributed by atoms with Gasteiger partial charge in [0, 0.05) is 10.0 Å². The van der Waals surface area contributed by atoms with E-state index in [1.807, 2.05) is 25.1 Å². The zero-order valence-corrected chi connectivity index (χ0v) is 10.8. The molecule has 88 valence electrons. The van der Waals surface area contributed by atoms with Gasteiger partial charge < -0.3 is 9.52 Å². The van der Waals surface area contributed by atoms with Crippen molar-refractivity contribution in [3.8, 4) is 11.3 Å². The molecule has 0 aliphatic rings. The lowest BCUT2D eigenvalue weighted by atomic mass is 10.1. The normalized spacial score (nSPS) is 10.5. The van der Waals surface area contributed by atoms with E-state index in [0.29, 0.717) is 11.5 Å². The van der Waals surface area contributed by atoms with Gasteiger partial charge in [-0.05, 0) is 36.8 Å². The number of rotatable bonds is 3. The predicted octanol–water partition coefficient (Wildman–Crippen LogP) is 3.64. The molecule has 3 nitrogen and oxygen atoms in total. The van der Waals surface area contributed by atoms with Crippen LogP contribution >= 0.6 is 15.9 Å². The maximum Gasteiger partial charge on any atom is 0.311 e. The van der Waals surface area contributed by atoms with Crippen molar-refractivity contribution in [1.82, 2.24) is 0 Å². The second-order valence-corrected chi connectivity index (χ2v) is 4.65. The van der Waals surface area contributed by atoms with Crippen LogP contribution in [0.25, 0.3) is 11.3 Å². The minimum absolute atomic E-state index is 0.0878. The minimum atomic E-state index is -0.891. The van der Waals surface area contributed by atoms with Crippen molar-refractivity contribution >= 4 is 21.9 Å². The van der Waals surface area contributed by atoms with Crippen molar-refractivity contribution in [3.63, 3.8) is 0 Å². The number of carboxylic acids is 1. The summed E-state index contributed by atoms with van der Waals surface area (Å²) in [5.41, 5.74) is 2.06. The van der Waals surface area contributed by atoms with Crippen LogP contribution in [0.4, 0.5) is 0 Å². The first-order chi connectivity index (χ1) is 8.06. The maximum absolute atomic E-state index is 10.5. The van der Waals surface area contributed by atoms with Gasteiger partial charge in [-0.3, -0.25) is 4.79 Å². The average molecular weight is 295 g/mol. The number of hydrogen-bond acceptors (Lipinski definition) is 2. The van der Waals surface area contributed by atoms with Crippen LogP contribution in [-0.2, 0) is 11.2 Å². The van der Waals surface area contributed by atoms with E-state index in [9.17, 15) is 4.79 Å². The summed E-state index contributed by atoms with van der Waals surface area (Å²) in [5.74, 6) is 0.266. The van der Waals surface area contributed by atoms with E-state index < -0.39 is 5.97 Å². The SMILES string of the molecule is Cc1cc(-c2ccc(CC(=O)O)o2)ccc1Br. The Labute approximate surface area is 107 Å². The third-order valence-corrected chi connectivity index (χ3v) is 3.32. The molecule has 0 fully saturated rings. The molecular weight excluding hydrogens is 284 g/mol. The molecule has 0 saturated carbocycles. The first kappa shape index (κ1) is 11.9. The molecule has 0 aliphatic heterocycles. The van der Waals surface area contributed by atoms with Crippen LogP contribution in [0, 0.1) is 6.92 Å². The lowest BCUT2D eigenvalue weighted by molar-refractivity contribution is -0.136. The average Bonchev–Trinajstić information content (AvgIpc) is 2.69. The monoisotopic (exact) mass is 294 g/mol. The lowest BCUT2D eigenvalue weighted by Gasteiger charge is -2.01. The fourth-order valence-corrected chi connectivity index (χ4v) is 1.82. The third-order valence-electron chi connectivity index (χ3n) is 2.43. The molecule has 0 saturated heterocycles. The molecule has 17 heavy (non-hydrogen) atoms. The van der Waals surface area contributed by atoms with Crippen molar-refractivity contribution in [2.45, 2.75) is 13.3 Å². The molecular formula is C13H11BrO3. The molecule has 2 rings (SSSR count). The van der Waals surface area contributed by atoms with Gasteiger partial charge in [0.2, 0.25) is 0 Å². The molecule has 0 atom stereocenters. The summed E-state index contributed by atoms with van der Waals surface area (Å²) in [7, 11) is 0. The van der Waals surface area contributed by atoms with Gasteiger partial charge in [-0.15, -0.1) is 0 Å². The molecule has 0 amide bonds. The third kappa shape index (κ3) is 2.77. The van der Waals surface area contributed by atoms with Crippen molar-refractivity contribution in [1.29, 1.82) is 0 Å². The van der Waals surface area contributed by atoms with E-state index in [1.54, 1.807) is 12.1 Å². The Hall–Kier alpha value is -1.55. The zero-order valence-electron chi connectivity index (χ0n) is 9.24. The molecule has 0 unspecified atom stereocenters. The van der Waals surface area contributed by atoms with Gasteiger partial charge in [-0.2, -0.15) is 0 Å². The Morgan fingerprint density at radius 1 is 1.35 bits per heavy atom. The van der Waals surface area contributed by atoms with Crippen LogP contribution in [0.2, 0.25) is 0 Å². The second-order valence-electron chi connectivity index (χ2n) is 3.80. The van der Waals surface area contributed by atoms with E-state index >= 15 is 0 Å². The first-order valence-corrected chi connectivity index (χ1v) is 5.92. The standard InChI is InChI=1S/C13H11BrO3/c1-8-6-9(2-4-11(8)14)12-5-3-10(17-12)7-13(15)16/h2-6H,7H2,1H3,(H,15,16). The largest absolute Gasteiger partial charge is 0.481 e. The molecule has 1 aromatic carbocycles. The molecule has 0 bridgehead atoms. The number of carbonyl (C=O) groups is 1. The van der Waals surface area contributed by atoms with Crippen molar-refractivity contribution in [2.24, 2.45) is 0 Å². The Bertz CT molecular complexity index is 558. The lowest BCUT2D eigenvalue weighted by Crippen LogP contribution is -1.97. The van der Waals surface area contributed by atoms with Crippen LogP contribution in [0.1, 0.15) is 11.3 Å². The van der Waals surface area contributed by atoms with E-state index in [2.05, 4.69) is 15.9 Å². The number of hydrogen-bond donors (Lipinski definition) is 1. The summed E-state index contributed by atoms with van der Waals surface area (Å²) in [5, 5.41) is 8.66. The highest BCUT2D eigenvalue weighted by Gasteiger charge is 2.08. The quantitative estimate of drug-likeness (QED) is 0.940. The Balaban J connectivity index is 2.30. The molecule has 0 radical (unpaired) electrons. The summed E-state index contributed by atoms with van der Waals surface area (Å²) < 4.78 is 6.52. The van der Waals surface area contributed by atoms with E-state index in [0.717, 1.165) is 15.6 Å². The highest BCUT2D eigenvalue weighted by molar-refractivity contribution is 9.10. The minimum Gasteiger partial charge on any atom is -0.481 e. The highest BCUT2D eigenvalue weighted by atomic mass is 79.9. The summed E-state index contributed by atoms with van der Waals surface area (Å²) >= 11 is 3.43. The molecule has 0 aliphatic carbocycles. The second kappa shape index (κ2) is 4.75. The molecule has 4 heteroatoms. The fourth-order valence-electron chi connectivity index (χ4n) is 1.58. The van der Waals surface area contributed by atoms with Crippen molar-refractivity contribution < 1.29 is 14.3 Å². The van der Waals surface area contributed by atoms with E-state index in [-0.39, 0.29) is 6.42 Å². The number of aliphatic carboxylic acids is 1. The molecule has 1 aromatic heterocycles. The van der Waals surface area contributed by atoms with Gasteiger partial charge in [-0.1, -0.05) is 22.0 Å². The topological polar surface area (TPSA) is 50.4 Å². The van der Waals surface area contributed by atoms with Gasteiger partial charge in [0.1, 0.15) is 17.9 Å². The zero-order chi connectivity index (χ0) is 12.4. The van der Waals surface area contributed by atoms with Crippen molar-refractivity contribution in [3.05, 3.63) is 46.1 Å². The summed E-state index contributed by atoms with van der Waals surface area (Å²) in [4.78, 5) is 10.5. The Morgan fingerprint density at radius 3 is 2.76 bits per heavy atom. The molecule has 2 aromatic rings. The first-order valence-electron chi connectivity index (χ1n) is 5.13. The molecule has 1 N–H and O–H groups in total. The maximum atomic E-state index is 10.5. The van der Waals surface area contributed by atoms with Gasteiger partial charge >= 0.3 is 5.97 Å². The van der Waals surface area contributed by atoms with E-state index in [4.69, 9.17) is 9.52 Å². The fraction of sp³-hybridized carbons (Fsp3) is 0.154. The van der Waals surface area contributed by atoms with E-state index in [1.165, 1.54) is 0 Å². The Morgan fingerprint density at radius 2 is 2.12 bits per heavy atom. The van der Waals surface area contributed by atoms with Crippen molar-refractivity contribution in [2.75, 3.05) is 0 Å². The smallest absolute Gasteiger partial charge is 0.311 e. The number of aryl methyl sites for hydroxylation is 1. The van der Waals surface area contributed by atoms with Gasteiger partial charge in [0.15, 0.2) is 0 Å². The Kier molecular flexibility index (Phi) is 3.33. The summed E-state index contributed by atoms with van der Waals surface area (Å²) in [6, 6.07) is 9.36. The van der Waals surface area contributed by atoms with Crippen LogP contribution in [0.5, 0.6) is 0 Å². The summed E-state index contributed by atoms with van der Waals surface area (Å²) in [6.07, 6.45) is -0.0878.